The van der Waals surface area contributed by atoms with Gasteiger partial charge in [0.05, 0.1) is 6.04 Å². The fraction of sp³-hybridized carbons (Fsp3) is 0.312. The Morgan fingerprint density at radius 3 is 2.75 bits per heavy atom. The van der Waals surface area contributed by atoms with Crippen molar-refractivity contribution in [2.75, 3.05) is 6.54 Å². The predicted molar refractivity (Wildman–Crippen MR) is 83.2 cm³/mol. The molecule has 0 spiro atoms. The van der Waals surface area contributed by atoms with E-state index >= 15 is 0 Å². The zero-order chi connectivity index (χ0) is 14.5. The molecule has 1 N–H and O–H groups in total. The van der Waals surface area contributed by atoms with Crippen LogP contribution in [0.3, 0.4) is 0 Å². The molecule has 20 heavy (non-hydrogen) atoms. The van der Waals surface area contributed by atoms with Crippen LogP contribution in [-0.4, -0.2) is 11.5 Å². The Labute approximate surface area is 127 Å². The monoisotopic (exact) mass is 336 g/mol. The van der Waals surface area contributed by atoms with Crippen molar-refractivity contribution < 1.29 is 4.39 Å². The van der Waals surface area contributed by atoms with E-state index < -0.39 is 0 Å². The lowest BCUT2D eigenvalue weighted by atomic mass is 9.99. The molecule has 1 atom stereocenters. The maximum Gasteiger partial charge on any atom is 0.128 e. The van der Waals surface area contributed by atoms with Gasteiger partial charge in [-0.25, -0.2) is 4.39 Å². The molecule has 2 aromatic rings. The molecule has 0 fully saturated rings. The van der Waals surface area contributed by atoms with Crippen molar-refractivity contribution in [1.82, 2.24) is 10.3 Å². The number of nitrogens with zero attached hydrogens (tertiary/aromatic N) is 1. The smallest absolute Gasteiger partial charge is 0.128 e. The van der Waals surface area contributed by atoms with Crippen LogP contribution in [0.5, 0.6) is 0 Å². The third-order valence-electron chi connectivity index (χ3n) is 3.14. The van der Waals surface area contributed by atoms with Crippen LogP contribution < -0.4 is 5.32 Å². The van der Waals surface area contributed by atoms with Crippen molar-refractivity contribution in [3.8, 4) is 0 Å². The molecular formula is C16H18BrFN2. The van der Waals surface area contributed by atoms with Gasteiger partial charge in [-0.15, -0.1) is 0 Å². The largest absolute Gasteiger partial charge is 0.306 e. The Bertz CT molecular complexity index is 569. The molecule has 1 heterocycles. The first-order chi connectivity index (χ1) is 9.61. The topological polar surface area (TPSA) is 24.9 Å². The van der Waals surface area contributed by atoms with E-state index in [0.29, 0.717) is 5.56 Å². The van der Waals surface area contributed by atoms with Crippen LogP contribution in [0.1, 0.15) is 36.2 Å². The predicted octanol–water partition coefficient (Wildman–Crippen LogP) is 4.38. The molecule has 2 nitrogen and oxygen atoms in total. The van der Waals surface area contributed by atoms with Gasteiger partial charge in [0.15, 0.2) is 0 Å². The van der Waals surface area contributed by atoms with Crippen LogP contribution in [-0.2, 0) is 0 Å². The Kier molecular flexibility index (Phi) is 5.26. The van der Waals surface area contributed by atoms with Crippen LogP contribution in [0.4, 0.5) is 4.39 Å². The minimum Gasteiger partial charge on any atom is -0.306 e. The number of aryl methyl sites for hydroxylation is 1. The van der Waals surface area contributed by atoms with Crippen molar-refractivity contribution in [2.45, 2.75) is 26.3 Å². The molecule has 106 valence electrons. The third-order valence-corrected chi connectivity index (χ3v) is 3.63. The van der Waals surface area contributed by atoms with Crippen LogP contribution in [0.2, 0.25) is 0 Å². The standard InChI is InChI=1S/C16H18BrFN2/c1-3-8-19-16(12-5-4-11(2)20-10-12)14-9-13(17)6-7-15(14)18/h4-7,9-10,16,19H,3,8H2,1-2H3. The summed E-state index contributed by atoms with van der Waals surface area (Å²) in [6.45, 7) is 4.86. The zero-order valence-corrected chi connectivity index (χ0v) is 13.2. The molecule has 0 saturated carbocycles. The van der Waals surface area contributed by atoms with Gasteiger partial charge in [0.25, 0.3) is 0 Å². The van der Waals surface area contributed by atoms with Crippen molar-refractivity contribution in [3.05, 3.63) is 63.6 Å². The summed E-state index contributed by atoms with van der Waals surface area (Å²) in [5.41, 5.74) is 2.57. The van der Waals surface area contributed by atoms with Crippen LogP contribution in [0.15, 0.2) is 41.0 Å². The van der Waals surface area contributed by atoms with Crippen LogP contribution >= 0.6 is 15.9 Å². The number of hydrogen-bond donors (Lipinski definition) is 1. The SMILES string of the molecule is CCCNC(c1ccc(C)nc1)c1cc(Br)ccc1F. The number of aromatic nitrogens is 1. The summed E-state index contributed by atoms with van der Waals surface area (Å²) in [6.07, 6.45) is 2.80. The van der Waals surface area contributed by atoms with Crippen molar-refractivity contribution >= 4 is 15.9 Å². The molecule has 0 aliphatic carbocycles. The van der Waals surface area contributed by atoms with E-state index in [-0.39, 0.29) is 11.9 Å². The Balaban J connectivity index is 2.41. The number of rotatable bonds is 5. The lowest BCUT2D eigenvalue weighted by molar-refractivity contribution is 0.545. The molecule has 1 unspecified atom stereocenters. The van der Waals surface area contributed by atoms with Gasteiger partial charge in [-0.1, -0.05) is 28.9 Å². The second-order valence-electron chi connectivity index (χ2n) is 4.79. The molecule has 4 heteroatoms. The average Bonchev–Trinajstić information content (AvgIpc) is 2.44. The maximum absolute atomic E-state index is 14.1. The first-order valence-corrected chi connectivity index (χ1v) is 7.52. The van der Waals surface area contributed by atoms with Crippen LogP contribution in [0.25, 0.3) is 0 Å². The third kappa shape index (κ3) is 3.64. The summed E-state index contributed by atoms with van der Waals surface area (Å²) >= 11 is 3.41. The first kappa shape index (κ1) is 15.1. The van der Waals surface area contributed by atoms with Crippen molar-refractivity contribution in [2.24, 2.45) is 0 Å². The summed E-state index contributed by atoms with van der Waals surface area (Å²) in [4.78, 5) is 4.31. The van der Waals surface area contributed by atoms with Gasteiger partial charge in [-0.2, -0.15) is 0 Å². The Morgan fingerprint density at radius 1 is 1.30 bits per heavy atom. The molecule has 2 rings (SSSR count). The molecule has 0 saturated heterocycles. The van der Waals surface area contributed by atoms with E-state index in [2.05, 4.69) is 33.2 Å². The molecule has 0 amide bonds. The number of pyridine rings is 1. The van der Waals surface area contributed by atoms with Gasteiger partial charge in [-0.3, -0.25) is 4.98 Å². The summed E-state index contributed by atoms with van der Waals surface area (Å²) in [7, 11) is 0. The van der Waals surface area contributed by atoms with E-state index in [4.69, 9.17) is 0 Å². The normalized spacial score (nSPS) is 12.4. The molecule has 0 bridgehead atoms. The summed E-state index contributed by atoms with van der Waals surface area (Å²) in [5, 5.41) is 3.39. The molecule has 0 aliphatic heterocycles. The molecule has 0 aliphatic rings. The quantitative estimate of drug-likeness (QED) is 0.876. The number of nitrogens with one attached hydrogen (secondary N) is 1. The van der Waals surface area contributed by atoms with E-state index in [1.807, 2.05) is 31.3 Å². The van der Waals surface area contributed by atoms with E-state index in [9.17, 15) is 4.39 Å². The van der Waals surface area contributed by atoms with Crippen molar-refractivity contribution in [1.29, 1.82) is 0 Å². The van der Waals surface area contributed by atoms with Crippen LogP contribution in [0, 0.1) is 12.7 Å². The molecule has 1 aromatic carbocycles. The summed E-state index contributed by atoms with van der Waals surface area (Å²) in [5.74, 6) is -0.206. The second-order valence-corrected chi connectivity index (χ2v) is 5.70. The van der Waals surface area contributed by atoms with Gasteiger partial charge >= 0.3 is 0 Å². The fourth-order valence-corrected chi connectivity index (χ4v) is 2.46. The fourth-order valence-electron chi connectivity index (χ4n) is 2.08. The van der Waals surface area contributed by atoms with E-state index in [1.54, 1.807) is 6.07 Å². The average molecular weight is 337 g/mol. The van der Waals surface area contributed by atoms with Gasteiger partial charge in [0, 0.05) is 21.9 Å². The first-order valence-electron chi connectivity index (χ1n) is 6.72. The van der Waals surface area contributed by atoms with Gasteiger partial charge in [0.2, 0.25) is 0 Å². The second kappa shape index (κ2) is 6.95. The zero-order valence-electron chi connectivity index (χ0n) is 11.7. The van der Waals surface area contributed by atoms with E-state index in [1.165, 1.54) is 6.07 Å². The molecule has 1 aromatic heterocycles. The maximum atomic E-state index is 14.1. The lowest BCUT2D eigenvalue weighted by Gasteiger charge is -2.20. The summed E-state index contributed by atoms with van der Waals surface area (Å²) in [6, 6.07) is 8.79. The van der Waals surface area contributed by atoms with Gasteiger partial charge in [0.1, 0.15) is 5.82 Å². The molecular weight excluding hydrogens is 319 g/mol. The van der Waals surface area contributed by atoms with Crippen molar-refractivity contribution in [3.63, 3.8) is 0 Å². The minimum absolute atomic E-state index is 0.180. The molecule has 0 radical (unpaired) electrons. The highest BCUT2D eigenvalue weighted by Gasteiger charge is 2.18. The number of halogens is 2. The number of benzene rings is 1. The Morgan fingerprint density at radius 2 is 2.10 bits per heavy atom. The summed E-state index contributed by atoms with van der Waals surface area (Å²) < 4.78 is 15.0. The van der Waals surface area contributed by atoms with E-state index in [0.717, 1.165) is 28.7 Å². The minimum atomic E-state index is -0.206. The Hall–Kier alpha value is -1.26. The lowest BCUT2D eigenvalue weighted by Crippen LogP contribution is -2.24. The highest BCUT2D eigenvalue weighted by molar-refractivity contribution is 9.10. The highest BCUT2D eigenvalue weighted by atomic mass is 79.9. The van der Waals surface area contributed by atoms with Gasteiger partial charge < -0.3 is 5.32 Å². The highest BCUT2D eigenvalue weighted by Crippen LogP contribution is 2.27. The van der Waals surface area contributed by atoms with Gasteiger partial charge in [-0.05, 0) is 49.7 Å². The number of hydrogen-bond acceptors (Lipinski definition) is 2.